The van der Waals surface area contributed by atoms with E-state index in [-0.39, 0.29) is 5.57 Å². The predicted octanol–water partition coefficient (Wildman–Crippen LogP) is 4.29. The lowest BCUT2D eigenvalue weighted by molar-refractivity contribution is -0.139. The first-order valence-electron chi connectivity index (χ1n) is 10.4. The summed E-state index contributed by atoms with van der Waals surface area (Å²) in [5.41, 5.74) is 0.932. The quantitative estimate of drug-likeness (QED) is 0.513. The Kier molecular flexibility index (Phi) is 7.16. The molecule has 1 aliphatic heterocycles. The number of esters is 1. The van der Waals surface area contributed by atoms with Crippen molar-refractivity contribution in [2.45, 2.75) is 38.5 Å². The summed E-state index contributed by atoms with van der Waals surface area (Å²) in [7, 11) is 4.53. The summed E-state index contributed by atoms with van der Waals surface area (Å²) in [5, 5.41) is 2.80. The molecule has 33 heavy (non-hydrogen) atoms. The lowest BCUT2D eigenvalue weighted by Gasteiger charge is -2.24. The Labute approximate surface area is 193 Å². The third kappa shape index (κ3) is 5.58. The molecule has 8 heteroatoms. The molecular formula is C25H29NO7. The van der Waals surface area contributed by atoms with Crippen LogP contribution in [0.25, 0.3) is 6.08 Å². The highest BCUT2D eigenvalue weighted by atomic mass is 16.6. The van der Waals surface area contributed by atoms with Gasteiger partial charge in [0.05, 0.1) is 26.9 Å². The van der Waals surface area contributed by atoms with Gasteiger partial charge in [0, 0.05) is 0 Å². The monoisotopic (exact) mass is 455 g/mol. The maximum Gasteiger partial charge on any atom is 0.408 e. The largest absolute Gasteiger partial charge is 0.493 e. The van der Waals surface area contributed by atoms with Crippen molar-refractivity contribution in [1.29, 1.82) is 0 Å². The number of carbonyl (C=O) groups is 2. The van der Waals surface area contributed by atoms with Crippen LogP contribution in [0.2, 0.25) is 0 Å². The average molecular weight is 456 g/mol. The standard InChI is InChI=1S/C25H29NO7/c1-25(2,3)33-24(28)26-20-17(23(27)32-21(20)16-10-8-7-9-11-16)12-15-13-18(29-4)22(31-6)19(14-15)30-5/h7-14,20-21H,1-6H3,(H,26,28)/b17-12-/t20-,21+/m0/s1. The first-order chi connectivity index (χ1) is 15.7. The number of rotatable bonds is 6. The van der Waals surface area contributed by atoms with E-state index in [1.54, 1.807) is 39.0 Å². The van der Waals surface area contributed by atoms with E-state index in [0.717, 1.165) is 5.56 Å². The summed E-state index contributed by atoms with van der Waals surface area (Å²) in [6, 6.07) is 11.9. The van der Waals surface area contributed by atoms with Gasteiger partial charge in [-0.2, -0.15) is 0 Å². The molecule has 0 bridgehead atoms. The Bertz CT molecular complexity index is 1020. The Morgan fingerprint density at radius 3 is 2.12 bits per heavy atom. The molecular weight excluding hydrogens is 426 g/mol. The zero-order valence-electron chi connectivity index (χ0n) is 19.6. The van der Waals surface area contributed by atoms with Crippen molar-refractivity contribution in [3.8, 4) is 17.2 Å². The third-order valence-electron chi connectivity index (χ3n) is 4.92. The maximum absolute atomic E-state index is 12.9. The van der Waals surface area contributed by atoms with E-state index in [1.165, 1.54) is 21.3 Å². The number of cyclic esters (lactones) is 1. The molecule has 1 heterocycles. The molecule has 0 spiro atoms. The number of methoxy groups -OCH3 is 3. The molecule has 2 aromatic rings. The summed E-state index contributed by atoms with van der Waals surface area (Å²) in [6.07, 6.45) is 0.277. The smallest absolute Gasteiger partial charge is 0.408 e. The minimum Gasteiger partial charge on any atom is -0.493 e. The maximum atomic E-state index is 12.9. The van der Waals surface area contributed by atoms with Crippen LogP contribution in [-0.2, 0) is 14.3 Å². The second kappa shape index (κ2) is 9.85. The molecule has 176 valence electrons. The normalized spacial score (nSPS) is 19.1. The molecule has 0 radical (unpaired) electrons. The fraction of sp³-hybridized carbons (Fsp3) is 0.360. The molecule has 0 aliphatic carbocycles. The molecule has 8 nitrogen and oxygen atoms in total. The van der Waals surface area contributed by atoms with Crippen molar-refractivity contribution in [3.05, 3.63) is 59.2 Å². The molecule has 0 unspecified atom stereocenters. The Morgan fingerprint density at radius 2 is 1.61 bits per heavy atom. The number of alkyl carbamates (subject to hydrolysis) is 1. The Balaban J connectivity index is 2.05. The number of ether oxygens (including phenoxy) is 5. The van der Waals surface area contributed by atoms with Crippen LogP contribution in [0.5, 0.6) is 17.2 Å². The van der Waals surface area contributed by atoms with E-state index in [4.69, 9.17) is 23.7 Å². The van der Waals surface area contributed by atoms with Gasteiger partial charge in [0.15, 0.2) is 17.6 Å². The number of carbonyl (C=O) groups excluding carboxylic acids is 2. The molecule has 2 aromatic carbocycles. The van der Waals surface area contributed by atoms with Crippen molar-refractivity contribution in [1.82, 2.24) is 5.32 Å². The van der Waals surface area contributed by atoms with Crippen LogP contribution in [0.3, 0.4) is 0 Å². The summed E-state index contributed by atoms with van der Waals surface area (Å²) in [4.78, 5) is 25.5. The van der Waals surface area contributed by atoms with Gasteiger partial charge in [0.2, 0.25) is 5.75 Å². The minimum atomic E-state index is -0.770. The van der Waals surface area contributed by atoms with Crippen molar-refractivity contribution in [2.24, 2.45) is 0 Å². The number of hydrogen-bond donors (Lipinski definition) is 1. The van der Waals surface area contributed by atoms with Gasteiger partial charge in [-0.3, -0.25) is 0 Å². The molecule has 1 fully saturated rings. The van der Waals surface area contributed by atoms with E-state index in [0.29, 0.717) is 22.8 Å². The van der Waals surface area contributed by atoms with Crippen molar-refractivity contribution in [3.63, 3.8) is 0 Å². The zero-order chi connectivity index (χ0) is 24.2. The number of hydrogen-bond acceptors (Lipinski definition) is 7. The Hall–Kier alpha value is -3.68. The zero-order valence-corrected chi connectivity index (χ0v) is 19.6. The van der Waals surface area contributed by atoms with E-state index in [9.17, 15) is 9.59 Å². The van der Waals surface area contributed by atoms with Crippen LogP contribution in [-0.4, -0.2) is 45.0 Å². The van der Waals surface area contributed by atoms with Gasteiger partial charge < -0.3 is 29.0 Å². The van der Waals surface area contributed by atoms with Crippen molar-refractivity contribution in [2.75, 3.05) is 21.3 Å². The molecule has 3 rings (SSSR count). The van der Waals surface area contributed by atoms with Crippen LogP contribution in [0.4, 0.5) is 4.79 Å². The first-order valence-corrected chi connectivity index (χ1v) is 10.4. The van der Waals surface area contributed by atoms with Gasteiger partial charge in [-0.1, -0.05) is 30.3 Å². The molecule has 1 saturated heterocycles. The summed E-state index contributed by atoms with van der Waals surface area (Å²) in [5.74, 6) is 0.762. The molecule has 1 aliphatic rings. The second-order valence-electron chi connectivity index (χ2n) is 8.42. The second-order valence-corrected chi connectivity index (χ2v) is 8.42. The predicted molar refractivity (Wildman–Crippen MR) is 123 cm³/mol. The molecule has 1 N–H and O–H groups in total. The first kappa shape index (κ1) is 24.0. The van der Waals surface area contributed by atoms with Crippen LogP contribution in [0, 0.1) is 0 Å². The van der Waals surface area contributed by atoms with Crippen molar-refractivity contribution < 1.29 is 33.3 Å². The van der Waals surface area contributed by atoms with E-state index >= 15 is 0 Å². The van der Waals surface area contributed by atoms with Gasteiger partial charge in [-0.05, 0) is 50.1 Å². The van der Waals surface area contributed by atoms with E-state index in [1.807, 2.05) is 30.3 Å². The van der Waals surface area contributed by atoms with E-state index < -0.39 is 29.8 Å². The van der Waals surface area contributed by atoms with Crippen LogP contribution in [0.1, 0.15) is 38.0 Å². The van der Waals surface area contributed by atoms with Gasteiger partial charge in [0.1, 0.15) is 11.6 Å². The van der Waals surface area contributed by atoms with E-state index in [2.05, 4.69) is 5.32 Å². The Morgan fingerprint density at radius 1 is 1.00 bits per heavy atom. The van der Waals surface area contributed by atoms with Gasteiger partial charge in [-0.15, -0.1) is 0 Å². The fourth-order valence-electron chi connectivity index (χ4n) is 3.55. The van der Waals surface area contributed by atoms with Gasteiger partial charge >= 0.3 is 12.1 Å². The highest BCUT2D eigenvalue weighted by molar-refractivity contribution is 5.98. The number of nitrogens with one attached hydrogen (secondary N) is 1. The topological polar surface area (TPSA) is 92.3 Å². The SMILES string of the molecule is COc1cc(/C=C2\C(=O)O[C@H](c3ccccc3)[C@H]2NC(=O)OC(C)(C)C)cc(OC)c1OC. The lowest BCUT2D eigenvalue weighted by Crippen LogP contribution is -2.41. The summed E-state index contributed by atoms with van der Waals surface area (Å²) < 4.78 is 27.3. The number of benzene rings is 2. The van der Waals surface area contributed by atoms with Gasteiger partial charge in [-0.25, -0.2) is 9.59 Å². The van der Waals surface area contributed by atoms with Crippen molar-refractivity contribution >= 4 is 18.1 Å². The molecule has 1 amide bonds. The summed E-state index contributed by atoms with van der Waals surface area (Å²) in [6.45, 7) is 5.30. The number of amides is 1. The molecule has 0 aromatic heterocycles. The van der Waals surface area contributed by atoms with Crippen LogP contribution in [0.15, 0.2) is 48.0 Å². The van der Waals surface area contributed by atoms with Crippen LogP contribution >= 0.6 is 0 Å². The third-order valence-corrected chi connectivity index (χ3v) is 4.92. The van der Waals surface area contributed by atoms with Crippen LogP contribution < -0.4 is 19.5 Å². The molecule has 2 atom stereocenters. The minimum absolute atomic E-state index is 0.268. The summed E-state index contributed by atoms with van der Waals surface area (Å²) >= 11 is 0. The highest BCUT2D eigenvalue weighted by Crippen LogP contribution is 2.40. The fourth-order valence-corrected chi connectivity index (χ4v) is 3.55. The lowest BCUT2D eigenvalue weighted by atomic mass is 9.97. The highest BCUT2D eigenvalue weighted by Gasteiger charge is 2.42. The van der Waals surface area contributed by atoms with Gasteiger partial charge in [0.25, 0.3) is 0 Å². The molecule has 0 saturated carbocycles. The average Bonchev–Trinajstić information content (AvgIpc) is 3.07.